The van der Waals surface area contributed by atoms with E-state index in [1.807, 2.05) is 27.7 Å². The third-order valence-corrected chi connectivity index (χ3v) is 4.73. The number of hydrogen-bond donors (Lipinski definition) is 3. The van der Waals surface area contributed by atoms with E-state index in [1.54, 1.807) is 0 Å². The quantitative estimate of drug-likeness (QED) is 0.202. The molecule has 8 nitrogen and oxygen atoms in total. The Labute approximate surface area is 182 Å². The molecule has 2 rings (SSSR count). The number of carbonyl (C=O) groups is 3. The number of esters is 2. The first kappa shape index (κ1) is 24.4. The van der Waals surface area contributed by atoms with E-state index >= 15 is 0 Å². The average Bonchev–Trinajstić information content (AvgIpc) is 3.18. The highest BCUT2D eigenvalue weighted by atomic mass is 16.5. The van der Waals surface area contributed by atoms with Gasteiger partial charge in [-0.1, -0.05) is 26.7 Å². The number of rotatable bonds is 12. The number of Topliss-reactive ketones (excluding diaryl/α,β-unsaturated/α-hetero) is 1. The number of hydrogen-bond acceptors (Lipinski definition) is 7. The van der Waals surface area contributed by atoms with Crippen molar-refractivity contribution in [1.82, 2.24) is 10.3 Å². The highest BCUT2D eigenvalue weighted by Gasteiger charge is 2.31. The topological polar surface area (TPSA) is 118 Å². The first-order chi connectivity index (χ1) is 14.8. The highest BCUT2D eigenvalue weighted by molar-refractivity contribution is 6.18. The van der Waals surface area contributed by atoms with Crippen LogP contribution in [0.15, 0.2) is 18.2 Å². The fourth-order valence-electron chi connectivity index (χ4n) is 3.06. The van der Waals surface area contributed by atoms with Crippen LogP contribution in [0.1, 0.15) is 74.2 Å². The number of aromatic amines is 1. The fraction of sp³-hybridized carbons (Fsp3) is 0.522. The Morgan fingerprint density at radius 3 is 2.32 bits per heavy atom. The molecule has 2 aromatic rings. The molecule has 0 bridgehead atoms. The maximum Gasteiger partial charge on any atom is 0.354 e. The standard InChI is InChI=1S/C23H32N2O6/c1-5-7-11-30-22(28)17-13-16-15(9-10-18(26)19(16)25-17)21(27)20(24-14(3)4)23(29)31-12-8-6-2/h9-10,13-14,20,24-26H,5-8,11-12H2,1-4H3. The van der Waals surface area contributed by atoms with Crippen LogP contribution in [0, 0.1) is 0 Å². The van der Waals surface area contributed by atoms with Crippen LogP contribution in [0.3, 0.4) is 0 Å². The molecule has 1 heterocycles. The first-order valence-electron chi connectivity index (χ1n) is 10.8. The second kappa shape index (κ2) is 11.5. The zero-order chi connectivity index (χ0) is 23.0. The molecule has 1 unspecified atom stereocenters. The summed E-state index contributed by atoms with van der Waals surface area (Å²) in [6, 6.07) is 2.92. The number of benzene rings is 1. The number of H-pyrrole nitrogens is 1. The smallest absolute Gasteiger partial charge is 0.354 e. The van der Waals surface area contributed by atoms with Crippen molar-refractivity contribution in [2.45, 2.75) is 65.5 Å². The Kier molecular flexibility index (Phi) is 9.05. The molecule has 0 saturated carbocycles. The molecule has 0 saturated heterocycles. The molecule has 0 amide bonds. The molecule has 0 spiro atoms. The average molecular weight is 433 g/mol. The van der Waals surface area contributed by atoms with Crippen molar-refractivity contribution in [3.63, 3.8) is 0 Å². The van der Waals surface area contributed by atoms with Gasteiger partial charge in [0.2, 0.25) is 0 Å². The first-order valence-corrected chi connectivity index (χ1v) is 10.8. The van der Waals surface area contributed by atoms with Crippen molar-refractivity contribution in [3.05, 3.63) is 29.5 Å². The van der Waals surface area contributed by atoms with Crippen molar-refractivity contribution in [1.29, 1.82) is 0 Å². The Morgan fingerprint density at radius 2 is 1.71 bits per heavy atom. The van der Waals surface area contributed by atoms with Gasteiger partial charge < -0.3 is 19.6 Å². The lowest BCUT2D eigenvalue weighted by molar-refractivity contribution is -0.145. The minimum absolute atomic E-state index is 0.113. The maximum absolute atomic E-state index is 13.3. The van der Waals surface area contributed by atoms with Crippen LogP contribution in [0.4, 0.5) is 0 Å². The predicted octanol–water partition coefficient (Wildman–Crippen LogP) is 3.72. The van der Waals surface area contributed by atoms with E-state index < -0.39 is 23.8 Å². The summed E-state index contributed by atoms with van der Waals surface area (Å²) < 4.78 is 10.5. The Bertz CT molecular complexity index is 918. The predicted molar refractivity (Wildman–Crippen MR) is 117 cm³/mol. The van der Waals surface area contributed by atoms with Crippen LogP contribution in [0.25, 0.3) is 10.9 Å². The van der Waals surface area contributed by atoms with Crippen LogP contribution in [-0.4, -0.2) is 53.1 Å². The monoisotopic (exact) mass is 432 g/mol. The van der Waals surface area contributed by atoms with Crippen molar-refractivity contribution in [2.75, 3.05) is 13.2 Å². The summed E-state index contributed by atoms with van der Waals surface area (Å²) in [4.78, 5) is 41.0. The van der Waals surface area contributed by atoms with Gasteiger partial charge in [0.15, 0.2) is 11.8 Å². The van der Waals surface area contributed by atoms with Crippen LogP contribution >= 0.6 is 0 Å². The molecule has 0 radical (unpaired) electrons. The molecule has 3 N–H and O–H groups in total. The van der Waals surface area contributed by atoms with Gasteiger partial charge >= 0.3 is 11.9 Å². The van der Waals surface area contributed by atoms with Gasteiger partial charge in [-0.2, -0.15) is 0 Å². The summed E-state index contributed by atoms with van der Waals surface area (Å²) in [7, 11) is 0. The third-order valence-electron chi connectivity index (χ3n) is 4.73. The van der Waals surface area contributed by atoms with Crippen molar-refractivity contribution in [3.8, 4) is 5.75 Å². The van der Waals surface area contributed by atoms with Gasteiger partial charge in [-0.05, 0) is 44.9 Å². The van der Waals surface area contributed by atoms with E-state index in [0.717, 1.165) is 19.3 Å². The molecule has 0 aliphatic carbocycles. The molecule has 0 fully saturated rings. The number of aromatic nitrogens is 1. The lowest BCUT2D eigenvalue weighted by Crippen LogP contribution is -2.47. The number of nitrogens with one attached hydrogen (secondary N) is 2. The van der Waals surface area contributed by atoms with E-state index in [0.29, 0.717) is 11.8 Å². The summed E-state index contributed by atoms with van der Waals surface area (Å²) in [5.74, 6) is -1.83. The number of phenolic OH excluding ortho intramolecular Hbond substituents is 1. The van der Waals surface area contributed by atoms with E-state index in [1.165, 1.54) is 18.2 Å². The molecule has 170 valence electrons. The molecule has 1 aromatic heterocycles. The van der Waals surface area contributed by atoms with Crippen molar-refractivity contribution >= 4 is 28.6 Å². The SMILES string of the molecule is CCCCOC(=O)c1cc2c(C(=O)C(NC(C)C)C(=O)OCCCC)ccc(O)c2[nH]1. The second-order valence-electron chi connectivity index (χ2n) is 7.73. The molecule has 8 heteroatoms. The van der Waals surface area contributed by atoms with Gasteiger partial charge in [-0.3, -0.25) is 10.1 Å². The molecular weight excluding hydrogens is 400 g/mol. The van der Waals surface area contributed by atoms with Gasteiger partial charge in [-0.15, -0.1) is 0 Å². The Balaban J connectivity index is 2.37. The largest absolute Gasteiger partial charge is 0.506 e. The van der Waals surface area contributed by atoms with Crippen LogP contribution in [-0.2, 0) is 14.3 Å². The van der Waals surface area contributed by atoms with Gasteiger partial charge in [0, 0.05) is 17.0 Å². The van der Waals surface area contributed by atoms with E-state index in [9.17, 15) is 19.5 Å². The van der Waals surface area contributed by atoms with E-state index in [4.69, 9.17) is 9.47 Å². The normalized spacial score (nSPS) is 12.2. The lowest BCUT2D eigenvalue weighted by Gasteiger charge is -2.19. The number of unbranched alkanes of at least 4 members (excludes halogenated alkanes) is 2. The summed E-state index contributed by atoms with van der Waals surface area (Å²) >= 11 is 0. The third kappa shape index (κ3) is 6.30. The number of fused-ring (bicyclic) bond motifs is 1. The molecule has 0 aliphatic heterocycles. The van der Waals surface area contributed by atoms with Gasteiger partial charge in [0.25, 0.3) is 0 Å². The van der Waals surface area contributed by atoms with Gasteiger partial charge in [-0.25, -0.2) is 9.59 Å². The summed E-state index contributed by atoms with van der Waals surface area (Å²) in [5, 5.41) is 13.5. The van der Waals surface area contributed by atoms with Crippen LogP contribution in [0.5, 0.6) is 5.75 Å². The summed E-state index contributed by atoms with van der Waals surface area (Å²) in [6.07, 6.45) is 3.20. The Morgan fingerprint density at radius 1 is 1.06 bits per heavy atom. The van der Waals surface area contributed by atoms with Crippen molar-refractivity contribution < 1.29 is 29.0 Å². The molecule has 1 atom stereocenters. The zero-order valence-corrected chi connectivity index (χ0v) is 18.6. The van der Waals surface area contributed by atoms with Crippen molar-refractivity contribution in [2.24, 2.45) is 0 Å². The number of carbonyl (C=O) groups excluding carboxylic acids is 3. The maximum atomic E-state index is 13.3. The van der Waals surface area contributed by atoms with E-state index in [-0.39, 0.29) is 41.8 Å². The second-order valence-corrected chi connectivity index (χ2v) is 7.73. The number of phenols is 1. The molecular formula is C23H32N2O6. The lowest BCUT2D eigenvalue weighted by atomic mass is 9.99. The van der Waals surface area contributed by atoms with E-state index in [2.05, 4.69) is 10.3 Å². The zero-order valence-electron chi connectivity index (χ0n) is 18.6. The van der Waals surface area contributed by atoms with Gasteiger partial charge in [0.1, 0.15) is 11.4 Å². The highest BCUT2D eigenvalue weighted by Crippen LogP contribution is 2.29. The minimum Gasteiger partial charge on any atom is -0.506 e. The fourth-order valence-corrected chi connectivity index (χ4v) is 3.06. The minimum atomic E-state index is -1.19. The molecule has 1 aromatic carbocycles. The number of ketones is 1. The number of ether oxygens (including phenoxy) is 2. The van der Waals surface area contributed by atoms with Crippen LogP contribution in [0.2, 0.25) is 0 Å². The molecule has 31 heavy (non-hydrogen) atoms. The molecule has 0 aliphatic rings. The summed E-state index contributed by atoms with van der Waals surface area (Å²) in [5.41, 5.74) is 0.554. The Hall–Kier alpha value is -2.87. The number of aromatic hydroxyl groups is 1. The van der Waals surface area contributed by atoms with Crippen LogP contribution < -0.4 is 5.32 Å². The summed E-state index contributed by atoms with van der Waals surface area (Å²) in [6.45, 7) is 8.14. The van der Waals surface area contributed by atoms with Gasteiger partial charge in [0.05, 0.1) is 18.7 Å².